The first-order chi connectivity index (χ1) is 7.27. The van der Waals surface area contributed by atoms with E-state index in [-0.39, 0.29) is 6.61 Å². The van der Waals surface area contributed by atoms with Crippen molar-refractivity contribution in [2.75, 3.05) is 18.5 Å². The highest BCUT2D eigenvalue weighted by Crippen LogP contribution is 2.11. The largest absolute Gasteiger partial charge is 0.392 e. The molecule has 1 N–H and O–H groups in total. The summed E-state index contributed by atoms with van der Waals surface area (Å²) in [6, 6.07) is 3.73. The molecule has 1 aromatic rings. The molecule has 1 heterocycles. The van der Waals surface area contributed by atoms with Gasteiger partial charge in [0.1, 0.15) is 5.82 Å². The Morgan fingerprint density at radius 2 is 2.40 bits per heavy atom. The van der Waals surface area contributed by atoms with Crippen LogP contribution in [0.1, 0.15) is 18.4 Å². The fourth-order valence-corrected chi connectivity index (χ4v) is 1.36. The lowest BCUT2D eigenvalue weighted by molar-refractivity contribution is 0.281. The van der Waals surface area contributed by atoms with Crippen LogP contribution in [0.2, 0.25) is 0 Å². The molecule has 0 saturated heterocycles. The summed E-state index contributed by atoms with van der Waals surface area (Å²) in [4.78, 5) is 6.34. The minimum Gasteiger partial charge on any atom is -0.392 e. The number of aliphatic hydroxyl groups excluding tert-OH is 1. The first kappa shape index (κ1) is 11.7. The molecule has 3 nitrogen and oxygen atoms in total. The lowest BCUT2D eigenvalue weighted by Gasteiger charge is -2.17. The van der Waals surface area contributed by atoms with Gasteiger partial charge < -0.3 is 10.0 Å². The molecule has 0 aliphatic carbocycles. The summed E-state index contributed by atoms with van der Waals surface area (Å²) in [6.07, 6.45) is 5.74. The van der Waals surface area contributed by atoms with E-state index in [2.05, 4.69) is 16.5 Å². The number of nitrogens with zero attached hydrogens (tertiary/aromatic N) is 2. The molecule has 0 bridgehead atoms. The summed E-state index contributed by atoms with van der Waals surface area (Å²) in [5.74, 6) is 0.908. The van der Waals surface area contributed by atoms with Gasteiger partial charge in [-0.15, -0.1) is 6.58 Å². The average Bonchev–Trinajstić information content (AvgIpc) is 2.29. The maximum atomic E-state index is 9.00. The van der Waals surface area contributed by atoms with Crippen molar-refractivity contribution in [2.45, 2.75) is 19.4 Å². The van der Waals surface area contributed by atoms with Crippen LogP contribution in [0.25, 0.3) is 0 Å². The van der Waals surface area contributed by atoms with Gasteiger partial charge in [0, 0.05) is 19.8 Å². The van der Waals surface area contributed by atoms with Gasteiger partial charge in [-0.1, -0.05) is 6.08 Å². The molecule has 1 aromatic heterocycles. The molecule has 0 atom stereocenters. The highest BCUT2D eigenvalue weighted by molar-refractivity contribution is 5.39. The predicted molar refractivity (Wildman–Crippen MR) is 62.9 cm³/mol. The number of aromatic nitrogens is 1. The number of unbranched alkanes of at least 4 members (excludes halogenated alkanes) is 1. The molecule has 0 saturated carbocycles. The number of hydrogen-bond acceptors (Lipinski definition) is 3. The lowest BCUT2D eigenvalue weighted by atomic mass is 10.2. The Morgan fingerprint density at radius 1 is 1.60 bits per heavy atom. The summed E-state index contributed by atoms with van der Waals surface area (Å²) < 4.78 is 0. The van der Waals surface area contributed by atoms with Crippen molar-refractivity contribution in [3.05, 3.63) is 36.5 Å². The topological polar surface area (TPSA) is 36.4 Å². The number of rotatable bonds is 6. The fourth-order valence-electron chi connectivity index (χ4n) is 1.36. The van der Waals surface area contributed by atoms with Crippen LogP contribution in [0.15, 0.2) is 31.0 Å². The maximum Gasteiger partial charge on any atom is 0.128 e. The van der Waals surface area contributed by atoms with Crippen LogP contribution in [0.4, 0.5) is 5.82 Å². The number of allylic oxidation sites excluding steroid dienone is 1. The zero-order valence-electron chi connectivity index (χ0n) is 9.19. The van der Waals surface area contributed by atoms with Crippen molar-refractivity contribution in [1.29, 1.82) is 0 Å². The van der Waals surface area contributed by atoms with Gasteiger partial charge in [-0.2, -0.15) is 0 Å². The molecular weight excluding hydrogens is 188 g/mol. The molecule has 0 aliphatic heterocycles. The van der Waals surface area contributed by atoms with Crippen LogP contribution in [0, 0.1) is 0 Å². The van der Waals surface area contributed by atoms with E-state index in [4.69, 9.17) is 5.11 Å². The number of hydrogen-bond donors (Lipinski definition) is 1. The zero-order valence-corrected chi connectivity index (χ0v) is 9.19. The highest BCUT2D eigenvalue weighted by atomic mass is 16.3. The minimum atomic E-state index is 0.0655. The Labute approximate surface area is 91.1 Å². The second-order valence-corrected chi connectivity index (χ2v) is 3.53. The number of aliphatic hydroxyl groups is 1. The van der Waals surface area contributed by atoms with E-state index in [0.29, 0.717) is 0 Å². The molecule has 0 unspecified atom stereocenters. The Morgan fingerprint density at radius 3 is 3.07 bits per heavy atom. The summed E-state index contributed by atoms with van der Waals surface area (Å²) in [7, 11) is 2.01. The van der Waals surface area contributed by atoms with E-state index >= 15 is 0 Å². The third-order valence-electron chi connectivity index (χ3n) is 2.29. The second kappa shape index (κ2) is 6.19. The molecular formula is C12H18N2O. The van der Waals surface area contributed by atoms with Gasteiger partial charge in [0.05, 0.1) is 6.61 Å². The average molecular weight is 206 g/mol. The molecule has 0 aliphatic rings. The van der Waals surface area contributed by atoms with Crippen molar-refractivity contribution in [2.24, 2.45) is 0 Å². The van der Waals surface area contributed by atoms with Crippen LogP contribution in [0.5, 0.6) is 0 Å². The van der Waals surface area contributed by atoms with Crippen LogP contribution >= 0.6 is 0 Å². The Hall–Kier alpha value is -1.35. The minimum absolute atomic E-state index is 0.0655. The maximum absolute atomic E-state index is 9.00. The molecule has 0 amide bonds. The van der Waals surface area contributed by atoms with E-state index in [1.807, 2.05) is 25.3 Å². The Bertz CT molecular complexity index is 312. The standard InChI is InChI=1S/C12H18N2O/c1-3-4-5-8-14(2)12-9-11(10-15)6-7-13-12/h3,6-7,9,15H,1,4-5,8,10H2,2H3. The van der Waals surface area contributed by atoms with Crippen LogP contribution in [-0.2, 0) is 6.61 Å². The summed E-state index contributed by atoms with van der Waals surface area (Å²) in [5.41, 5.74) is 0.899. The van der Waals surface area contributed by atoms with Gasteiger partial charge in [-0.3, -0.25) is 0 Å². The zero-order chi connectivity index (χ0) is 11.1. The van der Waals surface area contributed by atoms with E-state index in [9.17, 15) is 0 Å². The normalized spacial score (nSPS) is 10.0. The van der Waals surface area contributed by atoms with Crippen molar-refractivity contribution >= 4 is 5.82 Å². The van der Waals surface area contributed by atoms with Crippen LogP contribution in [0.3, 0.4) is 0 Å². The van der Waals surface area contributed by atoms with Gasteiger partial charge in [0.15, 0.2) is 0 Å². The third-order valence-corrected chi connectivity index (χ3v) is 2.29. The molecule has 15 heavy (non-hydrogen) atoms. The molecule has 1 rings (SSSR count). The van der Waals surface area contributed by atoms with Gasteiger partial charge in [0.25, 0.3) is 0 Å². The Balaban J connectivity index is 2.56. The molecule has 0 aromatic carbocycles. The van der Waals surface area contributed by atoms with Crippen molar-refractivity contribution < 1.29 is 5.11 Å². The summed E-state index contributed by atoms with van der Waals surface area (Å²) in [6.45, 7) is 4.71. The fraction of sp³-hybridized carbons (Fsp3) is 0.417. The molecule has 0 spiro atoms. The monoisotopic (exact) mass is 206 g/mol. The first-order valence-electron chi connectivity index (χ1n) is 5.15. The van der Waals surface area contributed by atoms with E-state index in [0.717, 1.165) is 30.8 Å². The third kappa shape index (κ3) is 3.72. The van der Waals surface area contributed by atoms with E-state index < -0.39 is 0 Å². The van der Waals surface area contributed by atoms with Crippen LogP contribution in [-0.4, -0.2) is 23.7 Å². The van der Waals surface area contributed by atoms with Crippen molar-refractivity contribution in [1.82, 2.24) is 4.98 Å². The summed E-state index contributed by atoms with van der Waals surface area (Å²) in [5, 5.41) is 9.00. The molecule has 3 heteroatoms. The van der Waals surface area contributed by atoms with E-state index in [1.165, 1.54) is 0 Å². The number of pyridine rings is 1. The molecule has 0 radical (unpaired) electrons. The van der Waals surface area contributed by atoms with Gasteiger partial charge in [-0.25, -0.2) is 4.98 Å². The summed E-state index contributed by atoms with van der Waals surface area (Å²) >= 11 is 0. The van der Waals surface area contributed by atoms with Crippen molar-refractivity contribution in [3.63, 3.8) is 0 Å². The Kier molecular flexibility index (Phi) is 4.84. The predicted octanol–water partition coefficient (Wildman–Crippen LogP) is 1.98. The second-order valence-electron chi connectivity index (χ2n) is 3.53. The number of anilines is 1. The first-order valence-corrected chi connectivity index (χ1v) is 5.15. The molecule has 82 valence electrons. The highest BCUT2D eigenvalue weighted by Gasteiger charge is 2.02. The quantitative estimate of drug-likeness (QED) is 0.571. The smallest absolute Gasteiger partial charge is 0.128 e. The van der Waals surface area contributed by atoms with Crippen molar-refractivity contribution in [3.8, 4) is 0 Å². The van der Waals surface area contributed by atoms with Gasteiger partial charge >= 0.3 is 0 Å². The van der Waals surface area contributed by atoms with Gasteiger partial charge in [0.2, 0.25) is 0 Å². The van der Waals surface area contributed by atoms with Gasteiger partial charge in [-0.05, 0) is 30.5 Å². The van der Waals surface area contributed by atoms with Crippen LogP contribution < -0.4 is 4.90 Å². The SMILES string of the molecule is C=CCCCN(C)c1cc(CO)ccn1. The molecule has 0 fully saturated rings. The van der Waals surface area contributed by atoms with E-state index in [1.54, 1.807) is 6.20 Å². The lowest BCUT2D eigenvalue weighted by Crippen LogP contribution is -2.19.